The molecular formula is C11H15N3O3. The molecule has 0 aliphatic heterocycles. The monoisotopic (exact) mass is 237 g/mol. The molecule has 0 heterocycles. The first-order valence-electron chi connectivity index (χ1n) is 5.08. The van der Waals surface area contributed by atoms with Gasteiger partial charge in [0.25, 0.3) is 5.69 Å². The summed E-state index contributed by atoms with van der Waals surface area (Å²) in [5.74, 6) is 0. The fourth-order valence-corrected chi connectivity index (χ4v) is 1.80. The van der Waals surface area contributed by atoms with Crippen LogP contribution in [0.4, 0.5) is 16.2 Å². The van der Waals surface area contributed by atoms with Crippen molar-refractivity contribution in [3.63, 3.8) is 0 Å². The maximum Gasteiger partial charge on any atom is 0.316 e. The Balaban J connectivity index is 3.65. The molecule has 0 fully saturated rings. The number of urea groups is 1. The Hall–Kier alpha value is -2.11. The van der Waals surface area contributed by atoms with Gasteiger partial charge >= 0.3 is 6.03 Å². The van der Waals surface area contributed by atoms with Gasteiger partial charge in [0.15, 0.2) is 0 Å². The minimum atomic E-state index is -0.807. The fourth-order valence-electron chi connectivity index (χ4n) is 1.80. The van der Waals surface area contributed by atoms with E-state index in [1.54, 1.807) is 13.8 Å². The molecule has 1 aromatic carbocycles. The smallest absolute Gasteiger partial charge is 0.316 e. The zero-order valence-corrected chi connectivity index (χ0v) is 10.2. The SMILES string of the molecule is Cc1c(C)c(C)c([N+](=O)[O-])c(NC(N)=O)c1C. The third-order valence-electron chi connectivity index (χ3n) is 3.09. The van der Waals surface area contributed by atoms with Crippen molar-refractivity contribution >= 4 is 17.4 Å². The highest BCUT2D eigenvalue weighted by Gasteiger charge is 2.24. The summed E-state index contributed by atoms with van der Waals surface area (Å²) in [6.45, 7) is 7.05. The van der Waals surface area contributed by atoms with Gasteiger partial charge in [0.2, 0.25) is 0 Å². The van der Waals surface area contributed by atoms with Crippen molar-refractivity contribution in [1.82, 2.24) is 0 Å². The van der Waals surface area contributed by atoms with Crippen molar-refractivity contribution in [3.8, 4) is 0 Å². The summed E-state index contributed by atoms with van der Waals surface area (Å²) in [4.78, 5) is 21.4. The van der Waals surface area contributed by atoms with Gasteiger partial charge in [0.1, 0.15) is 5.69 Å². The summed E-state index contributed by atoms with van der Waals surface area (Å²) in [5.41, 5.74) is 8.09. The van der Waals surface area contributed by atoms with Gasteiger partial charge in [-0.1, -0.05) is 0 Å². The summed E-state index contributed by atoms with van der Waals surface area (Å²) in [6, 6.07) is -0.807. The highest BCUT2D eigenvalue weighted by molar-refractivity contribution is 5.93. The van der Waals surface area contributed by atoms with Crippen LogP contribution in [0, 0.1) is 37.8 Å². The number of nitro groups is 1. The molecule has 3 N–H and O–H groups in total. The summed E-state index contributed by atoms with van der Waals surface area (Å²) in [7, 11) is 0. The van der Waals surface area contributed by atoms with Crippen molar-refractivity contribution in [3.05, 3.63) is 32.4 Å². The highest BCUT2D eigenvalue weighted by Crippen LogP contribution is 2.36. The number of nitro benzene ring substituents is 1. The quantitative estimate of drug-likeness (QED) is 0.609. The number of hydrogen-bond acceptors (Lipinski definition) is 3. The molecule has 0 unspecified atom stereocenters. The molecular weight excluding hydrogens is 222 g/mol. The maximum atomic E-state index is 11.1. The van der Waals surface area contributed by atoms with Crippen LogP contribution in [0.5, 0.6) is 0 Å². The number of anilines is 1. The number of nitrogens with zero attached hydrogens (tertiary/aromatic N) is 1. The average molecular weight is 237 g/mol. The van der Waals surface area contributed by atoms with Crippen LogP contribution in [0.1, 0.15) is 22.3 Å². The van der Waals surface area contributed by atoms with Crippen LogP contribution in [0.2, 0.25) is 0 Å². The average Bonchev–Trinajstić information content (AvgIpc) is 2.22. The first-order valence-corrected chi connectivity index (χ1v) is 5.08. The van der Waals surface area contributed by atoms with Crippen LogP contribution in [-0.4, -0.2) is 11.0 Å². The molecule has 2 amide bonds. The van der Waals surface area contributed by atoms with Crippen LogP contribution in [0.3, 0.4) is 0 Å². The molecule has 92 valence electrons. The van der Waals surface area contributed by atoms with Crippen LogP contribution in [-0.2, 0) is 0 Å². The van der Waals surface area contributed by atoms with Crippen molar-refractivity contribution in [2.75, 3.05) is 5.32 Å². The highest BCUT2D eigenvalue weighted by atomic mass is 16.6. The topological polar surface area (TPSA) is 98.3 Å². The third-order valence-corrected chi connectivity index (χ3v) is 3.09. The Morgan fingerprint density at radius 2 is 1.59 bits per heavy atom. The van der Waals surface area contributed by atoms with E-state index in [1.807, 2.05) is 13.8 Å². The molecule has 0 atom stereocenters. The van der Waals surface area contributed by atoms with Crippen LogP contribution in [0.25, 0.3) is 0 Å². The maximum absolute atomic E-state index is 11.1. The molecule has 0 radical (unpaired) electrons. The van der Waals surface area contributed by atoms with E-state index in [-0.39, 0.29) is 11.4 Å². The zero-order valence-electron chi connectivity index (χ0n) is 10.2. The van der Waals surface area contributed by atoms with E-state index < -0.39 is 11.0 Å². The van der Waals surface area contributed by atoms with Gasteiger partial charge in [-0.05, 0) is 44.4 Å². The molecule has 0 aliphatic carbocycles. The van der Waals surface area contributed by atoms with Gasteiger partial charge in [-0.3, -0.25) is 10.1 Å². The molecule has 6 heteroatoms. The molecule has 6 nitrogen and oxygen atoms in total. The predicted molar refractivity (Wildman–Crippen MR) is 65.3 cm³/mol. The second-order valence-electron chi connectivity index (χ2n) is 3.97. The number of carbonyl (C=O) groups excluding carboxylic acids is 1. The van der Waals surface area contributed by atoms with Gasteiger partial charge in [-0.15, -0.1) is 0 Å². The molecule has 1 aromatic rings. The summed E-state index contributed by atoms with van der Waals surface area (Å²) in [6.07, 6.45) is 0. The van der Waals surface area contributed by atoms with Crippen molar-refractivity contribution < 1.29 is 9.72 Å². The number of nitrogens with two attached hydrogens (primary N) is 1. The fraction of sp³-hybridized carbons (Fsp3) is 0.364. The molecule has 1 rings (SSSR count). The molecule has 0 saturated carbocycles. The lowest BCUT2D eigenvalue weighted by Crippen LogP contribution is -2.21. The van der Waals surface area contributed by atoms with Gasteiger partial charge in [-0.25, -0.2) is 4.79 Å². The normalized spacial score (nSPS) is 10.1. The minimum absolute atomic E-state index is 0.0931. The van der Waals surface area contributed by atoms with Crippen LogP contribution < -0.4 is 11.1 Å². The molecule has 17 heavy (non-hydrogen) atoms. The van der Waals surface area contributed by atoms with E-state index in [0.29, 0.717) is 11.1 Å². The van der Waals surface area contributed by atoms with Gasteiger partial charge < -0.3 is 11.1 Å². The number of hydrogen-bond donors (Lipinski definition) is 2. The first-order chi connectivity index (χ1) is 7.77. The van der Waals surface area contributed by atoms with E-state index in [0.717, 1.165) is 11.1 Å². The van der Waals surface area contributed by atoms with E-state index in [2.05, 4.69) is 5.32 Å². The van der Waals surface area contributed by atoms with E-state index in [1.165, 1.54) is 0 Å². The lowest BCUT2D eigenvalue weighted by Gasteiger charge is -2.15. The minimum Gasteiger partial charge on any atom is -0.351 e. The van der Waals surface area contributed by atoms with Crippen molar-refractivity contribution in [2.24, 2.45) is 5.73 Å². The molecule has 0 aliphatic rings. The molecule has 0 bridgehead atoms. The van der Waals surface area contributed by atoms with E-state index in [4.69, 9.17) is 5.73 Å². The Morgan fingerprint density at radius 1 is 1.12 bits per heavy atom. The Labute approximate surface area is 99.0 Å². The Bertz CT molecular complexity index is 509. The number of benzene rings is 1. The largest absolute Gasteiger partial charge is 0.351 e. The first kappa shape index (κ1) is 13.0. The Kier molecular flexibility index (Phi) is 3.36. The van der Waals surface area contributed by atoms with E-state index >= 15 is 0 Å². The number of carbonyl (C=O) groups is 1. The molecule has 0 spiro atoms. The molecule has 0 aromatic heterocycles. The second kappa shape index (κ2) is 4.40. The number of primary amides is 1. The second-order valence-corrected chi connectivity index (χ2v) is 3.97. The Morgan fingerprint density at radius 3 is 2.00 bits per heavy atom. The van der Waals surface area contributed by atoms with Crippen LogP contribution >= 0.6 is 0 Å². The van der Waals surface area contributed by atoms with Gasteiger partial charge in [0, 0.05) is 5.56 Å². The third kappa shape index (κ3) is 2.20. The number of amides is 2. The predicted octanol–water partition coefficient (Wildman–Crippen LogP) is 2.32. The van der Waals surface area contributed by atoms with Gasteiger partial charge in [0.05, 0.1) is 4.92 Å². The molecule has 0 saturated heterocycles. The standard InChI is InChI=1S/C11H15N3O3/c1-5-6(2)8(4)10(14(16)17)9(7(5)3)13-11(12)15/h1-4H3,(H3,12,13,15). The number of nitrogens with one attached hydrogen (secondary N) is 1. The summed E-state index contributed by atoms with van der Waals surface area (Å²) >= 11 is 0. The summed E-state index contributed by atoms with van der Waals surface area (Å²) in [5, 5.41) is 13.4. The lowest BCUT2D eigenvalue weighted by molar-refractivity contribution is -0.384. The lowest BCUT2D eigenvalue weighted by atomic mass is 9.95. The summed E-state index contributed by atoms with van der Waals surface area (Å²) < 4.78 is 0. The van der Waals surface area contributed by atoms with Crippen LogP contribution in [0.15, 0.2) is 0 Å². The zero-order chi connectivity index (χ0) is 13.3. The van der Waals surface area contributed by atoms with Crippen molar-refractivity contribution in [2.45, 2.75) is 27.7 Å². The van der Waals surface area contributed by atoms with Gasteiger partial charge in [-0.2, -0.15) is 0 Å². The van der Waals surface area contributed by atoms with E-state index in [9.17, 15) is 14.9 Å². The number of rotatable bonds is 2. The van der Waals surface area contributed by atoms with Crippen molar-refractivity contribution in [1.29, 1.82) is 0 Å².